The Morgan fingerprint density at radius 1 is 1.25 bits per heavy atom. The maximum Gasteiger partial charge on any atom is 0.255 e. The minimum atomic E-state index is -1.05. The van der Waals surface area contributed by atoms with Crippen molar-refractivity contribution in [1.29, 1.82) is 0 Å². The molecule has 1 atom stereocenters. The van der Waals surface area contributed by atoms with Crippen LogP contribution in [0.1, 0.15) is 34.3 Å². The van der Waals surface area contributed by atoms with E-state index in [0.717, 1.165) is 35.3 Å². The molecule has 3 N–H and O–H groups in total. The van der Waals surface area contributed by atoms with E-state index in [1.54, 1.807) is 7.11 Å². The zero-order valence-corrected chi connectivity index (χ0v) is 15.7. The molecule has 1 unspecified atom stereocenters. The van der Waals surface area contributed by atoms with E-state index in [9.17, 15) is 9.90 Å². The molecule has 6 heteroatoms. The second-order valence-corrected chi connectivity index (χ2v) is 7.11. The third kappa shape index (κ3) is 3.39. The van der Waals surface area contributed by atoms with Gasteiger partial charge in [0.1, 0.15) is 11.4 Å². The molecular weight excluding hydrogens is 354 g/mol. The molecule has 0 saturated heterocycles. The molecule has 6 nitrogen and oxygen atoms in total. The second kappa shape index (κ2) is 7.48. The molecule has 4 rings (SSSR count). The van der Waals surface area contributed by atoms with Gasteiger partial charge in [0.15, 0.2) is 0 Å². The molecular formula is C22H23N3O3. The average molecular weight is 377 g/mol. The summed E-state index contributed by atoms with van der Waals surface area (Å²) in [7, 11) is 1.61. The Kier molecular flexibility index (Phi) is 4.88. The molecule has 0 radical (unpaired) electrons. The third-order valence-electron chi connectivity index (χ3n) is 5.36. The van der Waals surface area contributed by atoms with Crippen LogP contribution in [0.5, 0.6) is 5.75 Å². The van der Waals surface area contributed by atoms with Crippen molar-refractivity contribution in [2.75, 3.05) is 13.7 Å². The molecule has 1 aromatic heterocycles. The van der Waals surface area contributed by atoms with Gasteiger partial charge in [-0.2, -0.15) is 5.10 Å². The lowest BCUT2D eigenvalue weighted by Gasteiger charge is -2.34. The Balaban J connectivity index is 1.52. The van der Waals surface area contributed by atoms with Gasteiger partial charge >= 0.3 is 0 Å². The first-order valence-electron chi connectivity index (χ1n) is 9.37. The van der Waals surface area contributed by atoms with Gasteiger partial charge in [-0.3, -0.25) is 9.89 Å². The van der Waals surface area contributed by atoms with E-state index in [2.05, 4.69) is 15.5 Å². The molecule has 0 saturated carbocycles. The van der Waals surface area contributed by atoms with Crippen LogP contribution in [0.25, 0.3) is 11.3 Å². The van der Waals surface area contributed by atoms with Crippen LogP contribution < -0.4 is 10.1 Å². The largest absolute Gasteiger partial charge is 0.497 e. The van der Waals surface area contributed by atoms with Crippen molar-refractivity contribution >= 4 is 5.91 Å². The first-order valence-corrected chi connectivity index (χ1v) is 9.37. The molecule has 1 heterocycles. The molecule has 144 valence electrons. The van der Waals surface area contributed by atoms with Gasteiger partial charge in [-0.25, -0.2) is 0 Å². The predicted molar refractivity (Wildman–Crippen MR) is 106 cm³/mol. The number of benzene rings is 2. The highest BCUT2D eigenvalue weighted by Gasteiger charge is 2.34. The zero-order chi connectivity index (χ0) is 19.6. The lowest BCUT2D eigenvalue weighted by molar-refractivity contribution is 0.0189. The second-order valence-electron chi connectivity index (χ2n) is 7.11. The van der Waals surface area contributed by atoms with Gasteiger partial charge in [-0.15, -0.1) is 0 Å². The Morgan fingerprint density at radius 3 is 2.82 bits per heavy atom. The highest BCUT2D eigenvalue weighted by molar-refractivity contribution is 5.99. The van der Waals surface area contributed by atoms with Crippen molar-refractivity contribution in [3.63, 3.8) is 0 Å². The summed E-state index contributed by atoms with van der Waals surface area (Å²) in [5, 5.41) is 21.0. The van der Waals surface area contributed by atoms with E-state index in [4.69, 9.17) is 4.74 Å². The molecule has 3 aromatic rings. The summed E-state index contributed by atoms with van der Waals surface area (Å²) in [5.74, 6) is 0.475. The Labute approximate surface area is 163 Å². The molecule has 0 aliphatic heterocycles. The summed E-state index contributed by atoms with van der Waals surface area (Å²) in [5.41, 5.74) is 2.92. The van der Waals surface area contributed by atoms with Crippen LogP contribution in [0.4, 0.5) is 0 Å². The van der Waals surface area contributed by atoms with Crippen molar-refractivity contribution in [3.05, 3.63) is 71.4 Å². The average Bonchev–Trinajstić information content (AvgIpc) is 3.22. The molecule has 1 amide bonds. The van der Waals surface area contributed by atoms with E-state index in [1.165, 1.54) is 6.20 Å². The van der Waals surface area contributed by atoms with Gasteiger partial charge in [0.05, 0.1) is 31.1 Å². The number of methoxy groups -OCH3 is 1. The van der Waals surface area contributed by atoms with E-state index in [-0.39, 0.29) is 12.5 Å². The molecule has 28 heavy (non-hydrogen) atoms. The number of hydrogen-bond donors (Lipinski definition) is 3. The number of nitrogens with one attached hydrogen (secondary N) is 2. The monoisotopic (exact) mass is 377 g/mol. The third-order valence-corrected chi connectivity index (χ3v) is 5.36. The summed E-state index contributed by atoms with van der Waals surface area (Å²) in [4.78, 5) is 12.8. The maximum absolute atomic E-state index is 12.8. The van der Waals surface area contributed by atoms with E-state index >= 15 is 0 Å². The fourth-order valence-electron chi connectivity index (χ4n) is 3.84. The van der Waals surface area contributed by atoms with Gasteiger partial charge < -0.3 is 15.2 Å². The van der Waals surface area contributed by atoms with Gasteiger partial charge in [0.25, 0.3) is 5.91 Å². The lowest BCUT2D eigenvalue weighted by atomic mass is 9.79. The first kappa shape index (κ1) is 18.3. The van der Waals surface area contributed by atoms with Crippen molar-refractivity contribution in [2.45, 2.75) is 24.9 Å². The van der Waals surface area contributed by atoms with E-state index in [0.29, 0.717) is 17.7 Å². The smallest absolute Gasteiger partial charge is 0.255 e. The standard InChI is InChI=1S/C22H23N3O3/c1-28-17-10-8-16(9-11-17)20-18(13-24-25-20)21(26)23-14-22(27)12-4-6-15-5-2-3-7-19(15)22/h2-3,5,7-11,13,27H,4,6,12,14H2,1H3,(H,23,26)(H,24,25). The maximum atomic E-state index is 12.8. The number of ether oxygens (including phenoxy) is 1. The van der Waals surface area contributed by atoms with Gasteiger partial charge in [0, 0.05) is 5.56 Å². The minimum Gasteiger partial charge on any atom is -0.497 e. The fraction of sp³-hybridized carbons (Fsp3) is 0.273. The summed E-state index contributed by atoms with van der Waals surface area (Å²) in [6.45, 7) is 0.163. The van der Waals surface area contributed by atoms with Gasteiger partial charge in [-0.05, 0) is 54.7 Å². The Morgan fingerprint density at radius 2 is 2.04 bits per heavy atom. The number of carbonyl (C=O) groups excluding carboxylic acids is 1. The number of aliphatic hydroxyl groups is 1. The minimum absolute atomic E-state index is 0.163. The summed E-state index contributed by atoms with van der Waals surface area (Å²) in [6, 6.07) is 15.3. The number of rotatable bonds is 5. The van der Waals surface area contributed by atoms with E-state index in [1.807, 2.05) is 48.5 Å². The molecule has 2 aromatic carbocycles. The zero-order valence-electron chi connectivity index (χ0n) is 15.7. The number of amides is 1. The topological polar surface area (TPSA) is 87.2 Å². The van der Waals surface area contributed by atoms with Gasteiger partial charge in [0.2, 0.25) is 0 Å². The highest BCUT2D eigenvalue weighted by atomic mass is 16.5. The number of nitrogens with zero attached hydrogens (tertiary/aromatic N) is 1. The summed E-state index contributed by atoms with van der Waals surface area (Å²) < 4.78 is 5.18. The van der Waals surface area contributed by atoms with Crippen molar-refractivity contribution in [2.24, 2.45) is 0 Å². The summed E-state index contributed by atoms with van der Waals surface area (Å²) >= 11 is 0. The quantitative estimate of drug-likeness (QED) is 0.638. The molecule has 1 aliphatic rings. The van der Waals surface area contributed by atoms with Crippen LogP contribution in [0.3, 0.4) is 0 Å². The SMILES string of the molecule is COc1ccc(-c2[nH]ncc2C(=O)NCC2(O)CCCc3ccccc32)cc1. The fourth-order valence-corrected chi connectivity index (χ4v) is 3.84. The van der Waals surface area contributed by atoms with Crippen LogP contribution in [0.15, 0.2) is 54.7 Å². The van der Waals surface area contributed by atoms with Crippen LogP contribution in [-0.2, 0) is 12.0 Å². The predicted octanol–water partition coefficient (Wildman–Crippen LogP) is 3.04. The number of fused-ring (bicyclic) bond motifs is 1. The molecule has 0 fully saturated rings. The van der Waals surface area contributed by atoms with Crippen LogP contribution in [0.2, 0.25) is 0 Å². The van der Waals surface area contributed by atoms with Crippen molar-refractivity contribution in [1.82, 2.24) is 15.5 Å². The van der Waals surface area contributed by atoms with Gasteiger partial charge in [-0.1, -0.05) is 24.3 Å². The number of aromatic amines is 1. The number of aromatic nitrogens is 2. The van der Waals surface area contributed by atoms with E-state index < -0.39 is 5.60 Å². The lowest BCUT2D eigenvalue weighted by Crippen LogP contribution is -2.43. The van der Waals surface area contributed by atoms with Crippen molar-refractivity contribution in [3.8, 4) is 17.0 Å². The Hall–Kier alpha value is -3.12. The summed E-state index contributed by atoms with van der Waals surface area (Å²) in [6.07, 6.45) is 3.98. The molecule has 1 aliphatic carbocycles. The van der Waals surface area contributed by atoms with Crippen molar-refractivity contribution < 1.29 is 14.6 Å². The molecule has 0 spiro atoms. The number of aryl methyl sites for hydroxylation is 1. The van der Waals surface area contributed by atoms with Crippen LogP contribution in [0, 0.1) is 0 Å². The highest BCUT2D eigenvalue weighted by Crippen LogP contribution is 2.34. The normalized spacial score (nSPS) is 18.4. The van der Waals surface area contributed by atoms with Crippen LogP contribution in [-0.4, -0.2) is 34.9 Å². The number of H-pyrrole nitrogens is 1. The Bertz CT molecular complexity index is 981. The number of hydrogen-bond acceptors (Lipinski definition) is 4. The first-order chi connectivity index (χ1) is 13.6. The number of carbonyl (C=O) groups is 1. The van der Waals surface area contributed by atoms with Crippen LogP contribution >= 0.6 is 0 Å². The molecule has 0 bridgehead atoms.